The van der Waals surface area contributed by atoms with Crippen LogP contribution >= 0.6 is 36.4 Å². The molecule has 1 saturated heterocycles. The number of piperidine rings is 1. The van der Waals surface area contributed by atoms with Gasteiger partial charge in [0, 0.05) is 12.7 Å². The van der Waals surface area contributed by atoms with Crippen LogP contribution in [0.2, 0.25) is 5.15 Å². The summed E-state index contributed by atoms with van der Waals surface area (Å²) in [5, 5.41) is 0.330. The monoisotopic (exact) mass is 403 g/mol. The van der Waals surface area contributed by atoms with Gasteiger partial charge in [0.25, 0.3) is 5.91 Å². The Morgan fingerprint density at radius 3 is 2.80 bits per heavy atom. The minimum absolute atomic E-state index is 0. The van der Waals surface area contributed by atoms with Gasteiger partial charge in [0.15, 0.2) is 0 Å². The van der Waals surface area contributed by atoms with Crippen molar-refractivity contribution in [2.45, 2.75) is 25.3 Å². The van der Waals surface area contributed by atoms with E-state index in [9.17, 15) is 4.79 Å². The smallest absolute Gasteiger partial charge is 0.272 e. The Balaban J connectivity index is 0.00000156. The summed E-state index contributed by atoms with van der Waals surface area (Å²) in [5.41, 5.74) is 0.380. The molecule has 3 rings (SSSR count). The number of likely N-dealkylation sites (tertiary alicyclic amines) is 1. The molecule has 1 amide bonds. The van der Waals surface area contributed by atoms with Gasteiger partial charge in [-0.1, -0.05) is 17.7 Å². The van der Waals surface area contributed by atoms with Crippen molar-refractivity contribution in [3.8, 4) is 5.75 Å². The number of ether oxygens (including phenoxy) is 1. The Morgan fingerprint density at radius 2 is 2.08 bits per heavy atom. The number of carbonyl (C=O) groups excluding carboxylic acids is 1. The fourth-order valence-electron chi connectivity index (χ4n) is 2.74. The van der Waals surface area contributed by atoms with Crippen molar-refractivity contribution < 1.29 is 9.53 Å². The van der Waals surface area contributed by atoms with Gasteiger partial charge in [-0.3, -0.25) is 9.78 Å². The highest BCUT2D eigenvalue weighted by atomic mass is 35.5. The molecule has 2 aromatic rings. The third-order valence-electron chi connectivity index (χ3n) is 3.90. The van der Waals surface area contributed by atoms with Crippen molar-refractivity contribution in [3.63, 3.8) is 0 Å². The third kappa shape index (κ3) is 5.73. The molecule has 1 aliphatic rings. The van der Waals surface area contributed by atoms with Gasteiger partial charge in [0.1, 0.15) is 23.2 Å². The average Bonchev–Trinajstić information content (AvgIpc) is 2.60. The van der Waals surface area contributed by atoms with Crippen LogP contribution in [0, 0.1) is 0 Å². The highest BCUT2D eigenvalue weighted by Crippen LogP contribution is 2.21. The Hall–Kier alpha value is -1.56. The van der Waals surface area contributed by atoms with E-state index in [2.05, 4.69) is 9.97 Å². The van der Waals surface area contributed by atoms with Crippen LogP contribution < -0.4 is 4.74 Å². The molecule has 1 atom stereocenters. The van der Waals surface area contributed by atoms with Crippen LogP contribution in [0.1, 0.15) is 29.8 Å². The average molecular weight is 405 g/mol. The second kappa shape index (κ2) is 10.4. The van der Waals surface area contributed by atoms with Gasteiger partial charge in [-0.15, -0.1) is 24.8 Å². The minimum Gasteiger partial charge on any atom is -0.490 e. The van der Waals surface area contributed by atoms with Crippen molar-refractivity contribution in [2.75, 3.05) is 13.2 Å². The molecule has 0 N–H and O–H groups in total. The van der Waals surface area contributed by atoms with Crippen molar-refractivity contribution in [2.24, 2.45) is 0 Å². The summed E-state index contributed by atoms with van der Waals surface area (Å²) < 4.78 is 5.78. The minimum atomic E-state index is -0.0908. The summed E-state index contributed by atoms with van der Waals surface area (Å²) in [6, 6.07) is 8.83. The molecule has 0 radical (unpaired) electrons. The maximum atomic E-state index is 12.7. The van der Waals surface area contributed by atoms with Gasteiger partial charge >= 0.3 is 0 Å². The largest absolute Gasteiger partial charge is 0.490 e. The van der Waals surface area contributed by atoms with E-state index in [1.807, 2.05) is 17.0 Å². The van der Waals surface area contributed by atoms with E-state index in [4.69, 9.17) is 16.3 Å². The van der Waals surface area contributed by atoms with Crippen LogP contribution in [0.25, 0.3) is 0 Å². The standard InChI is InChI=1S/C17H18ClN3O2.2ClH/c18-16-8-3-7-15(20-16)17(22)21-10-2-1-5-13(21)12-23-14-6-4-9-19-11-14;;/h3-4,6-9,11,13H,1-2,5,10,12H2;2*1H. The molecule has 8 heteroatoms. The first-order chi connectivity index (χ1) is 11.2. The lowest BCUT2D eigenvalue weighted by molar-refractivity contribution is 0.0522. The van der Waals surface area contributed by atoms with Gasteiger partial charge in [-0.25, -0.2) is 4.98 Å². The zero-order valence-corrected chi connectivity index (χ0v) is 15.9. The fourth-order valence-corrected chi connectivity index (χ4v) is 2.90. The van der Waals surface area contributed by atoms with E-state index in [1.54, 1.807) is 30.6 Å². The zero-order valence-electron chi connectivity index (χ0n) is 13.5. The first kappa shape index (κ1) is 21.5. The highest BCUT2D eigenvalue weighted by Gasteiger charge is 2.28. The van der Waals surface area contributed by atoms with Gasteiger partial charge in [-0.05, 0) is 43.5 Å². The molecule has 0 aromatic carbocycles. The lowest BCUT2D eigenvalue weighted by Crippen LogP contribution is -2.47. The predicted molar refractivity (Wildman–Crippen MR) is 102 cm³/mol. The van der Waals surface area contributed by atoms with Crippen LogP contribution in [0.5, 0.6) is 5.75 Å². The molecule has 1 aliphatic heterocycles. The maximum absolute atomic E-state index is 12.7. The summed E-state index contributed by atoms with van der Waals surface area (Å²) in [6.07, 6.45) is 6.39. The van der Waals surface area contributed by atoms with Crippen molar-refractivity contribution in [1.82, 2.24) is 14.9 Å². The quantitative estimate of drug-likeness (QED) is 0.721. The zero-order chi connectivity index (χ0) is 16.1. The molecule has 1 fully saturated rings. The molecule has 25 heavy (non-hydrogen) atoms. The fraction of sp³-hybridized carbons (Fsp3) is 0.353. The topological polar surface area (TPSA) is 55.3 Å². The maximum Gasteiger partial charge on any atom is 0.272 e. The molecule has 0 saturated carbocycles. The van der Waals surface area contributed by atoms with Gasteiger partial charge in [0.05, 0.1) is 12.2 Å². The lowest BCUT2D eigenvalue weighted by atomic mass is 10.0. The van der Waals surface area contributed by atoms with E-state index in [0.29, 0.717) is 29.7 Å². The number of nitrogens with zero attached hydrogens (tertiary/aromatic N) is 3. The number of aromatic nitrogens is 2. The molecule has 0 bridgehead atoms. The molecular formula is C17H20Cl3N3O2. The summed E-state index contributed by atoms with van der Waals surface area (Å²) in [4.78, 5) is 22.7. The van der Waals surface area contributed by atoms with E-state index in [-0.39, 0.29) is 36.8 Å². The van der Waals surface area contributed by atoms with Crippen molar-refractivity contribution >= 4 is 42.3 Å². The number of hydrogen-bond donors (Lipinski definition) is 0. The highest BCUT2D eigenvalue weighted by molar-refractivity contribution is 6.29. The van der Waals surface area contributed by atoms with Crippen LogP contribution in [-0.2, 0) is 0 Å². The van der Waals surface area contributed by atoms with Crippen LogP contribution in [-0.4, -0.2) is 40.0 Å². The molecule has 136 valence electrons. The normalized spacial score (nSPS) is 16.4. The second-order valence-electron chi connectivity index (χ2n) is 5.49. The van der Waals surface area contributed by atoms with E-state index in [0.717, 1.165) is 19.3 Å². The number of pyridine rings is 2. The number of halogens is 3. The van der Waals surface area contributed by atoms with Crippen LogP contribution in [0.4, 0.5) is 0 Å². The third-order valence-corrected chi connectivity index (χ3v) is 4.11. The van der Waals surface area contributed by atoms with Crippen molar-refractivity contribution in [3.05, 3.63) is 53.6 Å². The molecule has 1 unspecified atom stereocenters. The van der Waals surface area contributed by atoms with Crippen LogP contribution in [0.15, 0.2) is 42.7 Å². The van der Waals surface area contributed by atoms with Gasteiger partial charge < -0.3 is 9.64 Å². The lowest BCUT2D eigenvalue weighted by Gasteiger charge is -2.35. The number of amides is 1. The van der Waals surface area contributed by atoms with E-state index in [1.165, 1.54) is 0 Å². The Bertz CT molecular complexity index is 673. The summed E-state index contributed by atoms with van der Waals surface area (Å²) in [6.45, 7) is 1.17. The number of rotatable bonds is 4. The van der Waals surface area contributed by atoms with Crippen molar-refractivity contribution in [1.29, 1.82) is 0 Å². The summed E-state index contributed by atoms with van der Waals surface area (Å²) in [7, 11) is 0. The molecular weight excluding hydrogens is 385 g/mol. The van der Waals surface area contributed by atoms with E-state index >= 15 is 0 Å². The number of carbonyl (C=O) groups is 1. The predicted octanol–water partition coefficient (Wildman–Crippen LogP) is 4.05. The Morgan fingerprint density at radius 1 is 1.24 bits per heavy atom. The Kier molecular flexibility index (Phi) is 8.97. The molecule has 0 spiro atoms. The first-order valence-corrected chi connectivity index (χ1v) is 8.08. The Labute approximate surface area is 164 Å². The molecule has 0 aliphatic carbocycles. The van der Waals surface area contributed by atoms with Crippen LogP contribution in [0.3, 0.4) is 0 Å². The first-order valence-electron chi connectivity index (χ1n) is 7.70. The van der Waals surface area contributed by atoms with E-state index < -0.39 is 0 Å². The molecule has 5 nitrogen and oxygen atoms in total. The molecule has 2 aromatic heterocycles. The molecule has 3 heterocycles. The van der Waals surface area contributed by atoms with Gasteiger partial charge in [0.2, 0.25) is 0 Å². The SMILES string of the molecule is Cl.Cl.O=C(c1cccc(Cl)n1)N1CCCCC1COc1cccnc1. The summed E-state index contributed by atoms with van der Waals surface area (Å²) in [5.74, 6) is 0.623. The summed E-state index contributed by atoms with van der Waals surface area (Å²) >= 11 is 5.89. The van der Waals surface area contributed by atoms with Gasteiger partial charge in [-0.2, -0.15) is 0 Å². The number of hydrogen-bond acceptors (Lipinski definition) is 4. The second-order valence-corrected chi connectivity index (χ2v) is 5.88.